The molecule has 29 heavy (non-hydrogen) atoms. The van der Waals surface area contributed by atoms with Crippen molar-refractivity contribution in [1.82, 2.24) is 0 Å². The van der Waals surface area contributed by atoms with Gasteiger partial charge in [0.2, 0.25) is 0 Å². The van der Waals surface area contributed by atoms with E-state index in [4.69, 9.17) is 9.47 Å². The number of anilines is 1. The molecule has 1 aliphatic heterocycles. The molecular weight excluding hydrogens is 358 g/mol. The van der Waals surface area contributed by atoms with Crippen molar-refractivity contribution in [2.45, 2.75) is 38.3 Å². The first-order valence-corrected chi connectivity index (χ1v) is 10.4. The third kappa shape index (κ3) is 4.56. The van der Waals surface area contributed by atoms with E-state index in [0.29, 0.717) is 12.6 Å². The lowest BCUT2D eigenvalue weighted by Gasteiger charge is -2.36. The minimum atomic E-state index is 0.544. The van der Waals surface area contributed by atoms with Crippen LogP contribution in [0.4, 0.5) is 5.69 Å². The summed E-state index contributed by atoms with van der Waals surface area (Å²) in [5, 5.41) is 0. The highest BCUT2D eigenvalue weighted by Gasteiger charge is 2.22. The molecule has 0 amide bonds. The molecule has 0 N–H and O–H groups in total. The van der Waals surface area contributed by atoms with Gasteiger partial charge in [-0.1, -0.05) is 54.6 Å². The standard InChI is InChI=1S/C26H29NO2/c1-27-23(16-14-22-10-6-7-11-24(22)27)15-12-20-13-17-25(28-2)26(18-20)29-19-21-8-4-3-5-9-21/h3-11,13,17-18,23H,12,14-16,19H2,1-2H3/t23-/m0/s1. The van der Waals surface area contributed by atoms with Crippen LogP contribution in [0.2, 0.25) is 0 Å². The van der Waals surface area contributed by atoms with Crippen LogP contribution in [0.3, 0.4) is 0 Å². The Morgan fingerprint density at radius 3 is 2.52 bits per heavy atom. The van der Waals surface area contributed by atoms with Crippen molar-refractivity contribution >= 4 is 5.69 Å². The quantitative estimate of drug-likeness (QED) is 0.522. The van der Waals surface area contributed by atoms with Gasteiger partial charge in [-0.25, -0.2) is 0 Å². The second-order valence-electron chi connectivity index (χ2n) is 7.73. The van der Waals surface area contributed by atoms with Crippen molar-refractivity contribution in [2.24, 2.45) is 0 Å². The maximum absolute atomic E-state index is 6.08. The number of benzene rings is 3. The first-order valence-electron chi connectivity index (χ1n) is 10.4. The molecule has 3 aromatic rings. The van der Waals surface area contributed by atoms with E-state index in [1.54, 1.807) is 7.11 Å². The molecule has 1 heterocycles. The smallest absolute Gasteiger partial charge is 0.161 e. The first-order chi connectivity index (χ1) is 14.2. The average molecular weight is 388 g/mol. The lowest BCUT2D eigenvalue weighted by Crippen LogP contribution is -2.36. The average Bonchev–Trinajstić information content (AvgIpc) is 2.78. The van der Waals surface area contributed by atoms with E-state index < -0.39 is 0 Å². The third-order valence-corrected chi connectivity index (χ3v) is 5.90. The highest BCUT2D eigenvalue weighted by molar-refractivity contribution is 5.55. The van der Waals surface area contributed by atoms with E-state index in [0.717, 1.165) is 29.9 Å². The molecule has 0 saturated heterocycles. The molecule has 3 heteroatoms. The first kappa shape index (κ1) is 19.4. The molecule has 1 atom stereocenters. The minimum Gasteiger partial charge on any atom is -0.493 e. The van der Waals surface area contributed by atoms with Crippen LogP contribution >= 0.6 is 0 Å². The second kappa shape index (κ2) is 9.04. The predicted molar refractivity (Wildman–Crippen MR) is 119 cm³/mol. The number of hydrogen-bond acceptors (Lipinski definition) is 3. The number of nitrogens with zero attached hydrogens (tertiary/aromatic N) is 1. The van der Waals surface area contributed by atoms with Gasteiger partial charge in [0.1, 0.15) is 6.61 Å². The Bertz CT molecular complexity index is 938. The summed E-state index contributed by atoms with van der Waals surface area (Å²) in [7, 11) is 3.92. The lowest BCUT2D eigenvalue weighted by atomic mass is 9.92. The van der Waals surface area contributed by atoms with Crippen molar-refractivity contribution < 1.29 is 9.47 Å². The van der Waals surface area contributed by atoms with Gasteiger partial charge in [-0.2, -0.15) is 0 Å². The van der Waals surface area contributed by atoms with Crippen molar-refractivity contribution in [2.75, 3.05) is 19.1 Å². The fourth-order valence-electron chi connectivity index (χ4n) is 4.17. The number of aryl methyl sites for hydroxylation is 2. The van der Waals surface area contributed by atoms with Gasteiger partial charge in [-0.15, -0.1) is 0 Å². The summed E-state index contributed by atoms with van der Waals surface area (Å²) in [4.78, 5) is 2.45. The Kier molecular flexibility index (Phi) is 6.04. The zero-order valence-electron chi connectivity index (χ0n) is 17.3. The summed E-state index contributed by atoms with van der Waals surface area (Å²) in [6.07, 6.45) is 4.54. The molecule has 0 radical (unpaired) electrons. The number of fused-ring (bicyclic) bond motifs is 1. The molecular formula is C26H29NO2. The van der Waals surface area contributed by atoms with Gasteiger partial charge in [0, 0.05) is 18.8 Å². The Morgan fingerprint density at radius 2 is 1.69 bits per heavy atom. The summed E-state index contributed by atoms with van der Waals surface area (Å²) in [5.74, 6) is 1.60. The highest BCUT2D eigenvalue weighted by Crippen LogP contribution is 2.33. The van der Waals surface area contributed by atoms with Gasteiger partial charge in [-0.05, 0) is 60.6 Å². The summed E-state index contributed by atoms with van der Waals surface area (Å²) in [6.45, 7) is 0.544. The number of hydrogen-bond donors (Lipinski definition) is 0. The highest BCUT2D eigenvalue weighted by atomic mass is 16.5. The van der Waals surface area contributed by atoms with E-state index in [1.165, 1.54) is 29.7 Å². The maximum atomic E-state index is 6.08. The van der Waals surface area contributed by atoms with Gasteiger partial charge in [0.15, 0.2) is 11.5 Å². The number of methoxy groups -OCH3 is 1. The Hall–Kier alpha value is -2.94. The molecule has 0 aromatic heterocycles. The molecule has 3 nitrogen and oxygen atoms in total. The lowest BCUT2D eigenvalue weighted by molar-refractivity contribution is 0.284. The largest absolute Gasteiger partial charge is 0.493 e. The van der Waals surface area contributed by atoms with Gasteiger partial charge in [-0.3, -0.25) is 0 Å². The van der Waals surface area contributed by atoms with Gasteiger partial charge >= 0.3 is 0 Å². The fraction of sp³-hybridized carbons (Fsp3) is 0.308. The molecule has 3 aromatic carbocycles. The number of rotatable bonds is 7. The zero-order valence-corrected chi connectivity index (χ0v) is 17.3. The predicted octanol–water partition coefficient (Wildman–Crippen LogP) is 5.66. The SMILES string of the molecule is COc1ccc(CC[C@H]2CCc3ccccc3N2C)cc1OCc1ccccc1. The molecule has 0 aliphatic carbocycles. The summed E-state index contributed by atoms with van der Waals surface area (Å²) < 4.78 is 11.6. The molecule has 150 valence electrons. The molecule has 0 fully saturated rings. The van der Waals surface area contributed by atoms with Crippen LogP contribution in [0.5, 0.6) is 11.5 Å². The summed E-state index contributed by atoms with van der Waals surface area (Å²) in [5.41, 5.74) is 5.29. The second-order valence-corrected chi connectivity index (χ2v) is 7.73. The minimum absolute atomic E-state index is 0.544. The van der Waals surface area contributed by atoms with E-state index in [-0.39, 0.29) is 0 Å². The molecule has 0 spiro atoms. The van der Waals surface area contributed by atoms with E-state index in [9.17, 15) is 0 Å². The van der Waals surface area contributed by atoms with Crippen LogP contribution in [0.15, 0.2) is 72.8 Å². The summed E-state index contributed by atoms with van der Waals surface area (Å²) in [6, 6.07) is 25.9. The van der Waals surface area contributed by atoms with Crippen LogP contribution in [0, 0.1) is 0 Å². The van der Waals surface area contributed by atoms with E-state index in [2.05, 4.69) is 60.5 Å². The third-order valence-electron chi connectivity index (χ3n) is 5.90. The summed E-state index contributed by atoms with van der Waals surface area (Å²) >= 11 is 0. The molecule has 0 saturated carbocycles. The number of ether oxygens (including phenoxy) is 2. The van der Waals surface area contributed by atoms with Crippen LogP contribution in [-0.2, 0) is 19.4 Å². The van der Waals surface area contributed by atoms with Crippen molar-refractivity contribution in [3.63, 3.8) is 0 Å². The monoisotopic (exact) mass is 387 g/mol. The van der Waals surface area contributed by atoms with Gasteiger partial charge < -0.3 is 14.4 Å². The van der Waals surface area contributed by atoms with E-state index in [1.807, 2.05) is 24.3 Å². The van der Waals surface area contributed by atoms with Crippen molar-refractivity contribution in [1.29, 1.82) is 0 Å². The molecule has 0 bridgehead atoms. The normalized spacial score (nSPS) is 15.7. The fourth-order valence-corrected chi connectivity index (χ4v) is 4.17. The Balaban J connectivity index is 1.41. The van der Waals surface area contributed by atoms with Gasteiger partial charge in [0.25, 0.3) is 0 Å². The zero-order chi connectivity index (χ0) is 20.1. The maximum Gasteiger partial charge on any atom is 0.161 e. The van der Waals surface area contributed by atoms with Gasteiger partial charge in [0.05, 0.1) is 7.11 Å². The molecule has 1 aliphatic rings. The Morgan fingerprint density at radius 1 is 0.897 bits per heavy atom. The van der Waals surface area contributed by atoms with Crippen LogP contribution in [-0.4, -0.2) is 20.2 Å². The molecule has 4 rings (SSSR count). The molecule has 0 unspecified atom stereocenters. The van der Waals surface area contributed by atoms with Crippen molar-refractivity contribution in [3.05, 3.63) is 89.5 Å². The Labute approximate surface area is 173 Å². The van der Waals surface area contributed by atoms with Crippen LogP contribution in [0.25, 0.3) is 0 Å². The number of para-hydroxylation sites is 1. The van der Waals surface area contributed by atoms with Crippen LogP contribution in [0.1, 0.15) is 29.5 Å². The van der Waals surface area contributed by atoms with Crippen molar-refractivity contribution in [3.8, 4) is 11.5 Å². The van der Waals surface area contributed by atoms with E-state index >= 15 is 0 Å². The van der Waals surface area contributed by atoms with Crippen LogP contribution < -0.4 is 14.4 Å². The topological polar surface area (TPSA) is 21.7 Å².